The minimum absolute atomic E-state index is 0.0160. The van der Waals surface area contributed by atoms with Gasteiger partial charge < -0.3 is 20.7 Å². The number of methoxy groups -OCH3 is 1. The fourth-order valence-corrected chi connectivity index (χ4v) is 4.75. The Bertz CT molecular complexity index is 1340. The number of nitrogens with one attached hydrogen (secondary N) is 2. The van der Waals surface area contributed by atoms with Crippen molar-refractivity contribution < 1.29 is 18.7 Å². The predicted octanol–water partition coefficient (Wildman–Crippen LogP) is 2.56. The summed E-state index contributed by atoms with van der Waals surface area (Å²) in [5, 5.41) is 20.4. The number of nitriles is 1. The molecule has 1 saturated carbocycles. The molecular formula is C25H25ClFN7O3. The lowest BCUT2D eigenvalue weighted by Crippen LogP contribution is -2.52. The largest absolute Gasteiger partial charge is 0.481 e. The number of carbonyl (C=O) groups is 2. The van der Waals surface area contributed by atoms with Gasteiger partial charge in [0.15, 0.2) is 5.82 Å². The van der Waals surface area contributed by atoms with E-state index in [0.29, 0.717) is 35.7 Å². The maximum atomic E-state index is 14.2. The first-order valence-electron chi connectivity index (χ1n) is 11.6. The van der Waals surface area contributed by atoms with E-state index in [1.807, 2.05) is 6.07 Å². The number of amides is 2. The highest BCUT2D eigenvalue weighted by Gasteiger charge is 2.54. The van der Waals surface area contributed by atoms with Gasteiger partial charge in [-0.15, -0.1) is 0 Å². The van der Waals surface area contributed by atoms with Gasteiger partial charge in [-0.25, -0.2) is 9.37 Å². The monoisotopic (exact) mass is 525 g/mol. The lowest BCUT2D eigenvalue weighted by molar-refractivity contribution is -0.135. The minimum Gasteiger partial charge on any atom is -0.481 e. The van der Waals surface area contributed by atoms with Crippen molar-refractivity contribution in [3.8, 4) is 11.9 Å². The molecule has 3 heterocycles. The van der Waals surface area contributed by atoms with Crippen LogP contribution in [0.15, 0.2) is 30.6 Å². The summed E-state index contributed by atoms with van der Waals surface area (Å²) in [6.45, 7) is 0.431. The molecule has 2 amide bonds. The molecule has 0 aromatic carbocycles. The molecule has 192 valence electrons. The highest BCUT2D eigenvalue weighted by Crippen LogP contribution is 2.50. The third-order valence-electron chi connectivity index (χ3n) is 6.70. The number of hydrogen-bond acceptors (Lipinski definition) is 8. The molecule has 1 aliphatic carbocycles. The third-order valence-corrected chi connectivity index (χ3v) is 7.03. The molecule has 0 radical (unpaired) electrons. The SMILES string of the molecule is COc1cc(/C(N)=C/C(=N)C(=O)N2CCC(C(=O)NCc3ncc(C#N)cc3Cl)CC23CC3)c(F)cn1. The van der Waals surface area contributed by atoms with Crippen molar-refractivity contribution in [1.29, 1.82) is 10.7 Å². The smallest absolute Gasteiger partial charge is 0.272 e. The van der Waals surface area contributed by atoms with E-state index in [2.05, 4.69) is 15.3 Å². The quantitative estimate of drug-likeness (QED) is 0.468. The second-order valence-electron chi connectivity index (χ2n) is 9.07. The van der Waals surface area contributed by atoms with Gasteiger partial charge in [0, 0.05) is 41.5 Å². The lowest BCUT2D eigenvalue weighted by atomic mass is 9.87. The number of nitrogens with two attached hydrogens (primary N) is 1. The topological polar surface area (TPSA) is 158 Å². The van der Waals surface area contributed by atoms with E-state index in [-0.39, 0.29) is 41.2 Å². The number of aromatic nitrogens is 2. The number of halogens is 2. The summed E-state index contributed by atoms with van der Waals surface area (Å²) < 4.78 is 19.2. The van der Waals surface area contributed by atoms with E-state index >= 15 is 0 Å². The van der Waals surface area contributed by atoms with Gasteiger partial charge in [0.1, 0.15) is 11.8 Å². The van der Waals surface area contributed by atoms with E-state index in [1.165, 1.54) is 25.4 Å². The molecule has 1 atom stereocenters. The van der Waals surface area contributed by atoms with Crippen LogP contribution >= 0.6 is 11.6 Å². The van der Waals surface area contributed by atoms with Gasteiger partial charge in [0.2, 0.25) is 11.8 Å². The van der Waals surface area contributed by atoms with Crippen LogP contribution in [0.3, 0.4) is 0 Å². The summed E-state index contributed by atoms with van der Waals surface area (Å²) in [6, 6.07) is 4.75. The van der Waals surface area contributed by atoms with Crippen molar-refractivity contribution in [2.75, 3.05) is 13.7 Å². The van der Waals surface area contributed by atoms with Crippen molar-refractivity contribution >= 4 is 34.8 Å². The van der Waals surface area contributed by atoms with E-state index < -0.39 is 17.3 Å². The minimum atomic E-state index is -0.696. The van der Waals surface area contributed by atoms with E-state index in [0.717, 1.165) is 25.1 Å². The number of rotatable bonds is 7. The Morgan fingerprint density at radius 1 is 1.41 bits per heavy atom. The Kier molecular flexibility index (Phi) is 7.40. The second-order valence-corrected chi connectivity index (χ2v) is 9.48. The fraction of sp³-hybridized carbons (Fsp3) is 0.360. The van der Waals surface area contributed by atoms with Gasteiger partial charge in [-0.05, 0) is 37.8 Å². The van der Waals surface area contributed by atoms with Crippen LogP contribution in [-0.4, -0.2) is 51.6 Å². The zero-order valence-corrected chi connectivity index (χ0v) is 20.8. The molecule has 2 aromatic rings. The molecule has 1 spiro atoms. The van der Waals surface area contributed by atoms with E-state index in [4.69, 9.17) is 32.7 Å². The maximum Gasteiger partial charge on any atom is 0.272 e. The van der Waals surface area contributed by atoms with Crippen molar-refractivity contribution in [1.82, 2.24) is 20.2 Å². The average Bonchev–Trinajstić information content (AvgIpc) is 3.66. The molecule has 2 aromatic heterocycles. The second kappa shape index (κ2) is 10.5. The van der Waals surface area contributed by atoms with Crippen molar-refractivity contribution in [2.45, 2.75) is 37.8 Å². The molecule has 2 fully saturated rings. The number of pyridine rings is 2. The van der Waals surface area contributed by atoms with Gasteiger partial charge in [0.25, 0.3) is 5.91 Å². The highest BCUT2D eigenvalue weighted by molar-refractivity contribution is 6.43. The summed E-state index contributed by atoms with van der Waals surface area (Å²) in [7, 11) is 1.38. The molecule has 1 unspecified atom stereocenters. The van der Waals surface area contributed by atoms with Crippen molar-refractivity contribution in [3.05, 3.63) is 58.3 Å². The highest BCUT2D eigenvalue weighted by atomic mass is 35.5. The Morgan fingerprint density at radius 3 is 2.81 bits per heavy atom. The summed E-state index contributed by atoms with van der Waals surface area (Å²) in [6.07, 6.45) is 5.84. The van der Waals surface area contributed by atoms with E-state index in [1.54, 1.807) is 4.90 Å². The van der Waals surface area contributed by atoms with Crippen LogP contribution in [0.1, 0.15) is 42.5 Å². The molecule has 10 nitrogen and oxygen atoms in total. The number of piperidine rings is 1. The van der Waals surface area contributed by atoms with Gasteiger partial charge in [-0.1, -0.05) is 11.6 Å². The number of hydrogen-bond donors (Lipinski definition) is 3. The van der Waals surface area contributed by atoms with Crippen molar-refractivity contribution in [2.24, 2.45) is 11.7 Å². The van der Waals surface area contributed by atoms with Crippen LogP contribution < -0.4 is 15.8 Å². The summed E-state index contributed by atoms with van der Waals surface area (Å²) >= 11 is 6.14. The van der Waals surface area contributed by atoms with Crippen LogP contribution in [0, 0.1) is 28.5 Å². The standard InChI is InChI=1S/C25H25ClFN7O3/c1-37-22-7-16(18(27)12-32-22)19(29)8-20(30)24(36)34-5-2-15(9-25(34)3-4-25)23(35)33-13-21-17(26)6-14(10-28)11-31-21/h6-8,11-12,15,30H,2-5,9,13,29H2,1H3,(H,33,35)/b19-8-,30-20?. The lowest BCUT2D eigenvalue weighted by Gasteiger charge is -2.39. The number of carbonyl (C=O) groups excluding carboxylic acids is 2. The molecule has 2 aliphatic rings. The number of ether oxygens (including phenoxy) is 1. The first-order chi connectivity index (χ1) is 17.7. The van der Waals surface area contributed by atoms with Gasteiger partial charge in [0.05, 0.1) is 36.1 Å². The first kappa shape index (κ1) is 26.0. The Labute approximate surface area is 217 Å². The zero-order chi connectivity index (χ0) is 26.7. The first-order valence-corrected chi connectivity index (χ1v) is 11.9. The summed E-state index contributed by atoms with van der Waals surface area (Å²) in [4.78, 5) is 35.5. The maximum absolute atomic E-state index is 14.2. The third kappa shape index (κ3) is 5.54. The summed E-state index contributed by atoms with van der Waals surface area (Å²) in [5.74, 6) is -1.54. The van der Waals surface area contributed by atoms with Gasteiger partial charge in [-0.2, -0.15) is 5.26 Å². The normalized spacial score (nSPS) is 18.2. The molecular weight excluding hydrogens is 501 g/mol. The van der Waals surface area contributed by atoms with E-state index in [9.17, 15) is 14.0 Å². The molecule has 4 rings (SSSR count). The van der Waals surface area contributed by atoms with Crippen molar-refractivity contribution in [3.63, 3.8) is 0 Å². The van der Waals surface area contributed by atoms with Crippen LogP contribution in [0.4, 0.5) is 4.39 Å². The Balaban J connectivity index is 1.38. The number of nitrogens with zero attached hydrogens (tertiary/aromatic N) is 4. The molecule has 0 bridgehead atoms. The fourth-order valence-electron chi connectivity index (χ4n) is 4.52. The predicted molar refractivity (Wildman–Crippen MR) is 133 cm³/mol. The van der Waals surface area contributed by atoms with Crippen LogP contribution in [0.5, 0.6) is 5.88 Å². The van der Waals surface area contributed by atoms with Crippen LogP contribution in [-0.2, 0) is 16.1 Å². The van der Waals surface area contributed by atoms with Gasteiger partial charge >= 0.3 is 0 Å². The Hall–Kier alpha value is -4.04. The summed E-state index contributed by atoms with van der Waals surface area (Å²) in [5.41, 5.74) is 5.82. The molecule has 1 saturated heterocycles. The molecule has 1 aliphatic heterocycles. The Morgan fingerprint density at radius 2 is 2.16 bits per heavy atom. The zero-order valence-electron chi connectivity index (χ0n) is 20.1. The number of likely N-dealkylation sites (tertiary alicyclic amines) is 1. The average molecular weight is 526 g/mol. The van der Waals surface area contributed by atoms with Gasteiger partial charge in [-0.3, -0.25) is 20.0 Å². The van der Waals surface area contributed by atoms with Crippen LogP contribution in [0.25, 0.3) is 5.70 Å². The van der Waals surface area contributed by atoms with Crippen LogP contribution in [0.2, 0.25) is 5.02 Å². The molecule has 4 N–H and O–H groups in total. The molecule has 37 heavy (non-hydrogen) atoms. The molecule has 12 heteroatoms.